The fraction of sp³-hybridized carbons (Fsp3) is 0.692. The van der Waals surface area contributed by atoms with Gasteiger partial charge in [0.15, 0.2) is 0 Å². The van der Waals surface area contributed by atoms with Gasteiger partial charge >= 0.3 is 0 Å². The van der Waals surface area contributed by atoms with Gasteiger partial charge in [-0.25, -0.2) is 0 Å². The first-order valence-corrected chi connectivity index (χ1v) is 6.77. The lowest BCUT2D eigenvalue weighted by Gasteiger charge is -2.16. The number of rotatable bonds is 6. The number of hydrogen-bond donors (Lipinski definition) is 2. The molecule has 1 fully saturated rings. The molecule has 1 aromatic heterocycles. The zero-order valence-electron chi connectivity index (χ0n) is 11.3. The molecule has 0 radical (unpaired) electrons. The van der Waals surface area contributed by atoms with E-state index < -0.39 is 0 Å². The molecule has 0 unspecified atom stereocenters. The summed E-state index contributed by atoms with van der Waals surface area (Å²) in [5, 5.41) is 7.10. The van der Waals surface area contributed by atoms with Crippen molar-refractivity contribution in [2.75, 3.05) is 25.6 Å². The summed E-state index contributed by atoms with van der Waals surface area (Å²) in [5.74, 6) is 0.440. The summed E-state index contributed by atoms with van der Waals surface area (Å²) in [6, 6.07) is 0. The highest BCUT2D eigenvalue weighted by molar-refractivity contribution is 5.92. The molecule has 0 aromatic carbocycles. The van der Waals surface area contributed by atoms with Crippen LogP contribution in [0.25, 0.3) is 0 Å². The van der Waals surface area contributed by atoms with Gasteiger partial charge in [0.2, 0.25) is 5.91 Å². The van der Waals surface area contributed by atoms with Crippen LogP contribution in [0, 0.1) is 11.8 Å². The van der Waals surface area contributed by atoms with Crippen molar-refractivity contribution in [2.45, 2.75) is 25.8 Å². The normalized spacial score (nSPS) is 22.6. The van der Waals surface area contributed by atoms with Gasteiger partial charge in [-0.3, -0.25) is 9.48 Å². The van der Waals surface area contributed by atoms with Gasteiger partial charge in [-0.1, -0.05) is 6.42 Å². The molecule has 1 aromatic rings. The molecule has 3 N–H and O–H groups in total. The number of hydrogen-bond acceptors (Lipinski definition) is 4. The first-order chi connectivity index (χ1) is 9.24. The molecule has 1 heterocycles. The number of amides is 1. The van der Waals surface area contributed by atoms with Gasteiger partial charge in [0.25, 0.3) is 0 Å². The maximum absolute atomic E-state index is 12.2. The molecule has 1 aliphatic rings. The monoisotopic (exact) mass is 266 g/mol. The molecular formula is C13H22N4O2. The molecule has 0 spiro atoms. The SMILES string of the molecule is COCCn1cc(NC(=O)[C@@H]2CCC[C@@H]2CN)cn1. The number of nitrogens with zero attached hydrogens (tertiary/aromatic N) is 2. The summed E-state index contributed by atoms with van der Waals surface area (Å²) in [6.07, 6.45) is 6.57. The van der Waals surface area contributed by atoms with Gasteiger partial charge in [-0.15, -0.1) is 0 Å². The second-order valence-electron chi connectivity index (χ2n) is 5.01. The minimum atomic E-state index is 0.0484. The standard InChI is InChI=1S/C13H22N4O2/c1-19-6-5-17-9-11(8-15-17)16-13(18)12-4-2-3-10(12)7-14/h8-10,12H,2-7,14H2,1H3,(H,16,18)/t10-,12-/m1/s1. The first kappa shape index (κ1) is 14.0. The predicted octanol–water partition coefficient (Wildman–Crippen LogP) is 0.843. The lowest BCUT2D eigenvalue weighted by molar-refractivity contribution is -0.120. The Bertz CT molecular complexity index is 419. The third-order valence-electron chi connectivity index (χ3n) is 3.72. The Morgan fingerprint density at radius 2 is 2.47 bits per heavy atom. The fourth-order valence-corrected chi connectivity index (χ4v) is 2.63. The molecule has 0 aliphatic heterocycles. The lowest BCUT2D eigenvalue weighted by Crippen LogP contribution is -2.29. The molecule has 0 saturated heterocycles. The quantitative estimate of drug-likeness (QED) is 0.799. The van der Waals surface area contributed by atoms with Gasteiger partial charge in [0.1, 0.15) is 0 Å². The summed E-state index contributed by atoms with van der Waals surface area (Å²) >= 11 is 0. The number of carbonyl (C=O) groups excluding carboxylic acids is 1. The van der Waals surface area contributed by atoms with Crippen LogP contribution in [0.15, 0.2) is 12.4 Å². The number of ether oxygens (including phenoxy) is 1. The van der Waals surface area contributed by atoms with Crippen LogP contribution in [0.1, 0.15) is 19.3 Å². The number of anilines is 1. The minimum Gasteiger partial charge on any atom is -0.383 e. The molecule has 2 rings (SSSR count). The topological polar surface area (TPSA) is 82.2 Å². The van der Waals surface area contributed by atoms with Crippen LogP contribution < -0.4 is 11.1 Å². The van der Waals surface area contributed by atoms with E-state index in [1.165, 1.54) is 0 Å². The first-order valence-electron chi connectivity index (χ1n) is 6.77. The largest absolute Gasteiger partial charge is 0.383 e. The molecule has 1 saturated carbocycles. The Hall–Kier alpha value is -1.40. The van der Waals surface area contributed by atoms with Crippen molar-refractivity contribution in [1.29, 1.82) is 0 Å². The van der Waals surface area contributed by atoms with Crippen LogP contribution in [0.4, 0.5) is 5.69 Å². The highest BCUT2D eigenvalue weighted by atomic mass is 16.5. The zero-order chi connectivity index (χ0) is 13.7. The van der Waals surface area contributed by atoms with Crippen molar-refractivity contribution in [2.24, 2.45) is 17.6 Å². The Labute approximate surface area is 113 Å². The van der Waals surface area contributed by atoms with Gasteiger partial charge in [0.05, 0.1) is 25.0 Å². The minimum absolute atomic E-state index is 0.0484. The summed E-state index contributed by atoms with van der Waals surface area (Å²) in [4.78, 5) is 12.2. The predicted molar refractivity (Wildman–Crippen MR) is 72.6 cm³/mol. The number of aromatic nitrogens is 2. The fourth-order valence-electron chi connectivity index (χ4n) is 2.63. The van der Waals surface area contributed by atoms with Crippen LogP contribution in [-0.2, 0) is 16.1 Å². The second-order valence-corrected chi connectivity index (χ2v) is 5.01. The van der Waals surface area contributed by atoms with E-state index in [9.17, 15) is 4.79 Å². The highest BCUT2D eigenvalue weighted by Crippen LogP contribution is 2.31. The molecule has 6 heteroatoms. The van der Waals surface area contributed by atoms with E-state index in [1.807, 2.05) is 6.20 Å². The second kappa shape index (κ2) is 6.68. The van der Waals surface area contributed by atoms with Crippen molar-refractivity contribution in [3.05, 3.63) is 12.4 Å². The van der Waals surface area contributed by atoms with E-state index >= 15 is 0 Å². The van der Waals surface area contributed by atoms with E-state index in [-0.39, 0.29) is 11.8 Å². The Morgan fingerprint density at radius 1 is 1.63 bits per heavy atom. The summed E-state index contributed by atoms with van der Waals surface area (Å²) in [5.41, 5.74) is 6.44. The molecule has 1 aliphatic carbocycles. The van der Waals surface area contributed by atoms with Gasteiger partial charge in [0, 0.05) is 19.2 Å². The lowest BCUT2D eigenvalue weighted by atomic mass is 9.95. The molecule has 1 amide bonds. The van der Waals surface area contributed by atoms with Crippen molar-refractivity contribution < 1.29 is 9.53 Å². The number of nitrogens with one attached hydrogen (secondary N) is 1. The van der Waals surface area contributed by atoms with Crippen molar-refractivity contribution in [3.63, 3.8) is 0 Å². The Balaban J connectivity index is 1.89. The maximum Gasteiger partial charge on any atom is 0.227 e. The van der Waals surface area contributed by atoms with Crippen LogP contribution in [0.2, 0.25) is 0 Å². The number of methoxy groups -OCH3 is 1. The van der Waals surface area contributed by atoms with Crippen molar-refractivity contribution in [3.8, 4) is 0 Å². The van der Waals surface area contributed by atoms with Gasteiger partial charge in [-0.05, 0) is 25.3 Å². The van der Waals surface area contributed by atoms with E-state index in [0.717, 1.165) is 24.9 Å². The average Bonchev–Trinajstić information content (AvgIpc) is 3.04. The Kier molecular flexibility index (Phi) is 4.93. The van der Waals surface area contributed by atoms with Crippen molar-refractivity contribution in [1.82, 2.24) is 9.78 Å². The summed E-state index contributed by atoms with van der Waals surface area (Å²) in [7, 11) is 1.65. The Morgan fingerprint density at radius 3 is 3.21 bits per heavy atom. The number of nitrogens with two attached hydrogens (primary N) is 1. The van der Waals surface area contributed by atoms with Crippen LogP contribution in [0.3, 0.4) is 0 Å². The molecule has 2 atom stereocenters. The third-order valence-corrected chi connectivity index (χ3v) is 3.72. The molecular weight excluding hydrogens is 244 g/mol. The smallest absolute Gasteiger partial charge is 0.227 e. The van der Waals surface area contributed by atoms with Gasteiger partial charge in [-0.2, -0.15) is 5.10 Å². The van der Waals surface area contributed by atoms with Crippen molar-refractivity contribution >= 4 is 11.6 Å². The molecule has 19 heavy (non-hydrogen) atoms. The van der Waals surface area contributed by atoms with Crippen LogP contribution >= 0.6 is 0 Å². The maximum atomic E-state index is 12.2. The summed E-state index contributed by atoms with van der Waals surface area (Å²) in [6.45, 7) is 1.87. The van der Waals surface area contributed by atoms with Crippen LogP contribution in [-0.4, -0.2) is 35.9 Å². The van der Waals surface area contributed by atoms with E-state index in [2.05, 4.69) is 10.4 Å². The van der Waals surface area contributed by atoms with Crippen LogP contribution in [0.5, 0.6) is 0 Å². The zero-order valence-corrected chi connectivity index (χ0v) is 11.3. The molecule has 0 bridgehead atoms. The number of carbonyl (C=O) groups is 1. The highest BCUT2D eigenvalue weighted by Gasteiger charge is 2.31. The van der Waals surface area contributed by atoms with E-state index in [0.29, 0.717) is 25.6 Å². The van der Waals surface area contributed by atoms with Gasteiger partial charge < -0.3 is 15.8 Å². The molecule has 6 nitrogen and oxygen atoms in total. The molecule has 106 valence electrons. The van der Waals surface area contributed by atoms with E-state index in [1.54, 1.807) is 18.0 Å². The van der Waals surface area contributed by atoms with E-state index in [4.69, 9.17) is 10.5 Å². The third kappa shape index (κ3) is 3.54. The average molecular weight is 266 g/mol. The summed E-state index contributed by atoms with van der Waals surface area (Å²) < 4.78 is 6.74.